The third-order valence-corrected chi connectivity index (χ3v) is 3.70. The molecule has 0 amide bonds. The van der Waals surface area contributed by atoms with E-state index in [4.69, 9.17) is 29.5 Å². The van der Waals surface area contributed by atoms with Gasteiger partial charge in [0.15, 0.2) is 5.79 Å². The lowest BCUT2D eigenvalue weighted by Gasteiger charge is -2.15. The summed E-state index contributed by atoms with van der Waals surface area (Å²) in [7, 11) is 0. The van der Waals surface area contributed by atoms with Gasteiger partial charge >= 0.3 is 0 Å². The van der Waals surface area contributed by atoms with Gasteiger partial charge in [-0.2, -0.15) is 0 Å². The van der Waals surface area contributed by atoms with E-state index in [1.807, 2.05) is 13.8 Å². The highest BCUT2D eigenvalue weighted by Gasteiger charge is 2.31. The molecule has 2 saturated heterocycles. The van der Waals surface area contributed by atoms with Crippen LogP contribution >= 0.6 is 31.9 Å². The van der Waals surface area contributed by atoms with Crippen molar-refractivity contribution >= 4 is 31.9 Å². The SMILES string of the molecule is BrCC1CO1.CC1(C)OC[C@H](CO)O1.OC[C@@H](O)CBr. The van der Waals surface area contributed by atoms with Crippen LogP contribution in [0.15, 0.2) is 0 Å². The number of aliphatic hydroxyl groups excluding tert-OH is 3. The fourth-order valence-electron chi connectivity index (χ4n) is 1.06. The van der Waals surface area contributed by atoms with Crippen LogP contribution in [-0.4, -0.2) is 76.5 Å². The molecule has 20 heavy (non-hydrogen) atoms. The van der Waals surface area contributed by atoms with E-state index in [9.17, 15) is 0 Å². The number of halogens is 2. The summed E-state index contributed by atoms with van der Waals surface area (Å²) < 4.78 is 15.2. The maximum absolute atomic E-state index is 8.59. The van der Waals surface area contributed by atoms with Crippen LogP contribution < -0.4 is 0 Å². The molecule has 0 aromatic rings. The van der Waals surface area contributed by atoms with Crippen molar-refractivity contribution < 1.29 is 29.5 Å². The number of rotatable bonds is 4. The zero-order valence-electron chi connectivity index (χ0n) is 11.8. The van der Waals surface area contributed by atoms with Crippen LogP contribution in [0.2, 0.25) is 0 Å². The van der Waals surface area contributed by atoms with Gasteiger partial charge in [-0.25, -0.2) is 0 Å². The molecule has 2 aliphatic rings. The molecule has 0 bridgehead atoms. The van der Waals surface area contributed by atoms with Gasteiger partial charge in [-0.15, -0.1) is 0 Å². The van der Waals surface area contributed by atoms with E-state index < -0.39 is 11.9 Å². The zero-order valence-corrected chi connectivity index (χ0v) is 15.0. The maximum Gasteiger partial charge on any atom is 0.163 e. The van der Waals surface area contributed by atoms with Gasteiger partial charge in [0, 0.05) is 10.7 Å². The second-order valence-corrected chi connectivity index (χ2v) is 6.03. The Balaban J connectivity index is 0.000000287. The molecule has 3 N–H and O–H groups in total. The summed E-state index contributed by atoms with van der Waals surface area (Å²) >= 11 is 6.22. The van der Waals surface area contributed by atoms with Gasteiger partial charge in [0.1, 0.15) is 6.10 Å². The average molecular weight is 424 g/mol. The Morgan fingerprint density at radius 2 is 1.80 bits per heavy atom. The van der Waals surface area contributed by atoms with Crippen LogP contribution in [0.3, 0.4) is 0 Å². The first kappa shape index (κ1) is 20.7. The fraction of sp³-hybridized carbons (Fsp3) is 1.00. The minimum Gasteiger partial charge on any atom is -0.394 e. The number of ether oxygens (including phenoxy) is 3. The Kier molecular flexibility index (Phi) is 11.7. The Morgan fingerprint density at radius 3 is 1.90 bits per heavy atom. The largest absolute Gasteiger partial charge is 0.394 e. The first-order valence-corrected chi connectivity index (χ1v) is 8.57. The number of hydrogen-bond donors (Lipinski definition) is 3. The summed E-state index contributed by atoms with van der Waals surface area (Å²) in [6.45, 7) is 5.02. The molecule has 122 valence electrons. The van der Waals surface area contributed by atoms with Crippen molar-refractivity contribution in [3.8, 4) is 0 Å². The fourth-order valence-corrected chi connectivity index (χ4v) is 1.64. The molecule has 8 heteroatoms. The van der Waals surface area contributed by atoms with Crippen molar-refractivity contribution in [2.75, 3.05) is 37.1 Å². The second kappa shape index (κ2) is 11.3. The van der Waals surface area contributed by atoms with E-state index in [1.165, 1.54) is 0 Å². The lowest BCUT2D eigenvalue weighted by molar-refractivity contribution is -0.142. The molecule has 2 aliphatic heterocycles. The van der Waals surface area contributed by atoms with Gasteiger partial charge in [0.05, 0.1) is 38.6 Å². The van der Waals surface area contributed by atoms with Crippen LogP contribution in [-0.2, 0) is 14.2 Å². The van der Waals surface area contributed by atoms with Crippen molar-refractivity contribution in [3.05, 3.63) is 0 Å². The van der Waals surface area contributed by atoms with E-state index in [0.29, 0.717) is 18.0 Å². The number of aliphatic hydroxyl groups is 3. The summed E-state index contributed by atoms with van der Waals surface area (Å²) in [4.78, 5) is 0. The van der Waals surface area contributed by atoms with Crippen molar-refractivity contribution in [2.24, 2.45) is 0 Å². The van der Waals surface area contributed by atoms with Gasteiger partial charge < -0.3 is 29.5 Å². The molecule has 0 spiro atoms. The molecular weight excluding hydrogens is 400 g/mol. The third kappa shape index (κ3) is 11.4. The smallest absolute Gasteiger partial charge is 0.163 e. The molecule has 0 radical (unpaired) electrons. The summed E-state index contributed by atoms with van der Waals surface area (Å²) in [5.41, 5.74) is 0. The summed E-state index contributed by atoms with van der Waals surface area (Å²) in [5, 5.41) is 26.5. The molecule has 1 unspecified atom stereocenters. The highest BCUT2D eigenvalue weighted by Crippen LogP contribution is 2.21. The quantitative estimate of drug-likeness (QED) is 0.454. The standard InChI is InChI=1S/C6H12O3.C3H7BrO2.C3H5BrO/c1-6(2)8-4-5(3-7)9-6;4-1-3(6)2-5;4-1-3-2-5-3/h5,7H,3-4H2,1-2H3;3,5-6H,1-2H2;3H,1-2H2/t5-;3-;/m00./s1. The summed E-state index contributed by atoms with van der Waals surface area (Å²) in [5.74, 6) is -0.493. The van der Waals surface area contributed by atoms with Crippen molar-refractivity contribution in [1.29, 1.82) is 0 Å². The van der Waals surface area contributed by atoms with Crippen LogP contribution in [0.4, 0.5) is 0 Å². The summed E-state index contributed by atoms with van der Waals surface area (Å²) in [6.07, 6.45) is -0.167. The molecule has 0 aliphatic carbocycles. The van der Waals surface area contributed by atoms with Crippen LogP contribution in [0.1, 0.15) is 13.8 Å². The minimum absolute atomic E-state index is 0.0451. The molecule has 3 atom stereocenters. The predicted molar refractivity (Wildman–Crippen MR) is 82.4 cm³/mol. The highest BCUT2D eigenvalue weighted by molar-refractivity contribution is 9.09. The number of alkyl halides is 2. The zero-order chi connectivity index (χ0) is 15.6. The second-order valence-electron chi connectivity index (χ2n) is 4.73. The van der Waals surface area contributed by atoms with E-state index in [-0.39, 0.29) is 19.3 Å². The van der Waals surface area contributed by atoms with E-state index in [2.05, 4.69) is 31.9 Å². The molecule has 6 nitrogen and oxygen atoms in total. The Morgan fingerprint density at radius 1 is 1.20 bits per heavy atom. The van der Waals surface area contributed by atoms with E-state index in [0.717, 1.165) is 11.9 Å². The molecular formula is C12H24Br2O6. The Labute approximate surface area is 136 Å². The van der Waals surface area contributed by atoms with Crippen molar-refractivity contribution in [3.63, 3.8) is 0 Å². The van der Waals surface area contributed by atoms with Crippen LogP contribution in [0.25, 0.3) is 0 Å². The number of epoxide rings is 1. The molecule has 2 fully saturated rings. The predicted octanol–water partition coefficient (Wildman–Crippen LogP) is 0.645. The average Bonchev–Trinajstić information content (AvgIpc) is 3.22. The Bertz CT molecular complexity index is 234. The lowest BCUT2D eigenvalue weighted by Crippen LogP contribution is -2.22. The van der Waals surface area contributed by atoms with Crippen LogP contribution in [0, 0.1) is 0 Å². The first-order chi connectivity index (χ1) is 9.38. The van der Waals surface area contributed by atoms with E-state index in [1.54, 1.807) is 0 Å². The number of hydrogen-bond acceptors (Lipinski definition) is 6. The topological polar surface area (TPSA) is 91.7 Å². The molecule has 2 heterocycles. The van der Waals surface area contributed by atoms with Gasteiger partial charge in [-0.05, 0) is 13.8 Å². The maximum atomic E-state index is 8.59. The van der Waals surface area contributed by atoms with Crippen molar-refractivity contribution in [2.45, 2.75) is 37.9 Å². The molecule has 0 aromatic carbocycles. The Hall–Kier alpha value is 0.720. The molecule has 2 rings (SSSR count). The van der Waals surface area contributed by atoms with Crippen LogP contribution in [0.5, 0.6) is 0 Å². The van der Waals surface area contributed by atoms with Gasteiger partial charge in [-0.1, -0.05) is 31.9 Å². The van der Waals surface area contributed by atoms with E-state index >= 15 is 0 Å². The molecule has 0 saturated carbocycles. The highest BCUT2D eigenvalue weighted by atomic mass is 79.9. The van der Waals surface area contributed by atoms with Gasteiger partial charge in [-0.3, -0.25) is 0 Å². The lowest BCUT2D eigenvalue weighted by atomic mass is 10.4. The minimum atomic E-state index is -0.593. The normalized spacial score (nSPS) is 27.8. The van der Waals surface area contributed by atoms with Crippen molar-refractivity contribution in [1.82, 2.24) is 0 Å². The molecule has 0 aromatic heterocycles. The monoisotopic (exact) mass is 422 g/mol. The third-order valence-electron chi connectivity index (χ3n) is 2.23. The van der Waals surface area contributed by atoms with Gasteiger partial charge in [0.25, 0.3) is 0 Å². The first-order valence-electron chi connectivity index (χ1n) is 6.33. The van der Waals surface area contributed by atoms with Gasteiger partial charge in [0.2, 0.25) is 0 Å². The summed E-state index contributed by atoms with van der Waals surface area (Å²) in [6, 6.07) is 0.